The van der Waals surface area contributed by atoms with Crippen molar-refractivity contribution >= 4 is 11.3 Å². The normalized spacial score (nSPS) is 17.6. The average molecular weight is 235 g/mol. The summed E-state index contributed by atoms with van der Waals surface area (Å²) >= 11 is 1.68. The third-order valence-electron chi connectivity index (χ3n) is 2.76. The standard InChI is InChI=1S/C10H13N5S/c1-8-12-13-10(16-8)7-14-5-9(6-14)15-4-2-3-11-15/h2-4,9H,5-7H2,1H3. The topological polar surface area (TPSA) is 46.8 Å². The highest BCUT2D eigenvalue weighted by atomic mass is 32.1. The molecule has 0 N–H and O–H groups in total. The summed E-state index contributed by atoms with van der Waals surface area (Å²) in [5, 5.41) is 14.5. The van der Waals surface area contributed by atoms with E-state index < -0.39 is 0 Å². The van der Waals surface area contributed by atoms with Crippen LogP contribution in [0.4, 0.5) is 0 Å². The Bertz CT molecular complexity index is 457. The lowest BCUT2D eigenvalue weighted by Gasteiger charge is -2.38. The molecule has 0 spiro atoms. The zero-order valence-electron chi connectivity index (χ0n) is 9.08. The molecule has 2 aromatic rings. The monoisotopic (exact) mass is 235 g/mol. The van der Waals surface area contributed by atoms with Gasteiger partial charge in [-0.25, -0.2) is 0 Å². The van der Waals surface area contributed by atoms with Crippen molar-refractivity contribution in [1.29, 1.82) is 0 Å². The van der Waals surface area contributed by atoms with Crippen molar-refractivity contribution in [2.45, 2.75) is 19.5 Å². The molecule has 0 saturated carbocycles. The van der Waals surface area contributed by atoms with Crippen LogP contribution in [0.15, 0.2) is 18.5 Å². The van der Waals surface area contributed by atoms with Crippen molar-refractivity contribution < 1.29 is 0 Å². The Labute approximate surface area is 97.7 Å². The van der Waals surface area contributed by atoms with Crippen molar-refractivity contribution in [2.75, 3.05) is 13.1 Å². The second-order valence-electron chi connectivity index (χ2n) is 4.05. The molecule has 1 aliphatic heterocycles. The van der Waals surface area contributed by atoms with Crippen LogP contribution in [0.5, 0.6) is 0 Å². The number of likely N-dealkylation sites (tertiary alicyclic amines) is 1. The van der Waals surface area contributed by atoms with Gasteiger partial charge >= 0.3 is 0 Å². The highest BCUT2D eigenvalue weighted by molar-refractivity contribution is 7.11. The lowest BCUT2D eigenvalue weighted by Crippen LogP contribution is -2.47. The average Bonchev–Trinajstić information content (AvgIpc) is 2.82. The predicted molar refractivity (Wildman–Crippen MR) is 61.2 cm³/mol. The number of nitrogens with zero attached hydrogens (tertiary/aromatic N) is 5. The van der Waals surface area contributed by atoms with Gasteiger partial charge in [0.15, 0.2) is 0 Å². The van der Waals surface area contributed by atoms with E-state index in [0.29, 0.717) is 6.04 Å². The fourth-order valence-electron chi connectivity index (χ4n) is 1.93. The number of aromatic nitrogens is 4. The van der Waals surface area contributed by atoms with Crippen molar-refractivity contribution in [2.24, 2.45) is 0 Å². The molecule has 3 heterocycles. The summed E-state index contributed by atoms with van der Waals surface area (Å²) in [6.07, 6.45) is 3.86. The Morgan fingerprint density at radius 1 is 1.44 bits per heavy atom. The molecule has 0 atom stereocenters. The van der Waals surface area contributed by atoms with Gasteiger partial charge in [-0.1, -0.05) is 0 Å². The molecule has 0 bridgehead atoms. The van der Waals surface area contributed by atoms with E-state index in [1.54, 1.807) is 11.3 Å². The van der Waals surface area contributed by atoms with Gasteiger partial charge in [0, 0.05) is 25.5 Å². The third kappa shape index (κ3) is 1.85. The van der Waals surface area contributed by atoms with Crippen LogP contribution < -0.4 is 0 Å². The molecule has 2 aromatic heterocycles. The molecular formula is C10H13N5S. The molecule has 1 aliphatic rings. The van der Waals surface area contributed by atoms with E-state index in [0.717, 1.165) is 29.6 Å². The highest BCUT2D eigenvalue weighted by Gasteiger charge is 2.28. The van der Waals surface area contributed by atoms with Gasteiger partial charge < -0.3 is 0 Å². The molecule has 16 heavy (non-hydrogen) atoms. The molecule has 0 amide bonds. The quantitative estimate of drug-likeness (QED) is 0.799. The summed E-state index contributed by atoms with van der Waals surface area (Å²) in [5.74, 6) is 0. The summed E-state index contributed by atoms with van der Waals surface area (Å²) in [6.45, 7) is 5.02. The van der Waals surface area contributed by atoms with Gasteiger partial charge in [0.1, 0.15) is 10.0 Å². The van der Waals surface area contributed by atoms with Crippen LogP contribution in [-0.2, 0) is 6.54 Å². The molecule has 84 valence electrons. The predicted octanol–water partition coefficient (Wildman–Crippen LogP) is 1.10. The SMILES string of the molecule is Cc1nnc(CN2CC(n3cccn3)C2)s1. The summed E-state index contributed by atoms with van der Waals surface area (Å²) < 4.78 is 2.03. The number of aryl methyl sites for hydroxylation is 1. The van der Waals surface area contributed by atoms with E-state index in [4.69, 9.17) is 0 Å². The summed E-state index contributed by atoms with van der Waals surface area (Å²) in [6, 6.07) is 2.50. The number of hydrogen-bond acceptors (Lipinski definition) is 5. The summed E-state index contributed by atoms with van der Waals surface area (Å²) in [7, 11) is 0. The molecule has 0 unspecified atom stereocenters. The zero-order valence-corrected chi connectivity index (χ0v) is 9.89. The summed E-state index contributed by atoms with van der Waals surface area (Å²) in [4.78, 5) is 2.37. The molecule has 0 aromatic carbocycles. The molecule has 3 rings (SSSR count). The van der Waals surface area contributed by atoms with Gasteiger partial charge in [-0.05, 0) is 13.0 Å². The van der Waals surface area contributed by atoms with Crippen LogP contribution in [0, 0.1) is 6.92 Å². The van der Waals surface area contributed by atoms with Crippen LogP contribution in [0.3, 0.4) is 0 Å². The van der Waals surface area contributed by atoms with Crippen molar-refractivity contribution in [3.05, 3.63) is 28.5 Å². The van der Waals surface area contributed by atoms with Crippen molar-refractivity contribution in [3.63, 3.8) is 0 Å². The first-order valence-corrected chi connectivity index (χ1v) is 6.13. The van der Waals surface area contributed by atoms with E-state index >= 15 is 0 Å². The minimum absolute atomic E-state index is 0.531. The van der Waals surface area contributed by atoms with E-state index in [2.05, 4.69) is 20.2 Å². The van der Waals surface area contributed by atoms with Gasteiger partial charge in [-0.15, -0.1) is 21.5 Å². The van der Waals surface area contributed by atoms with Gasteiger partial charge in [0.05, 0.1) is 12.6 Å². The van der Waals surface area contributed by atoms with Gasteiger partial charge in [0.25, 0.3) is 0 Å². The van der Waals surface area contributed by atoms with Crippen LogP contribution in [-0.4, -0.2) is 38.0 Å². The Kier molecular flexibility index (Phi) is 2.45. The van der Waals surface area contributed by atoms with E-state index in [1.807, 2.05) is 30.1 Å². The Balaban J connectivity index is 1.54. The van der Waals surface area contributed by atoms with Gasteiger partial charge in [-0.3, -0.25) is 9.58 Å². The maximum atomic E-state index is 4.25. The van der Waals surface area contributed by atoms with E-state index in [-0.39, 0.29) is 0 Å². The number of hydrogen-bond donors (Lipinski definition) is 0. The zero-order chi connectivity index (χ0) is 11.0. The summed E-state index contributed by atoms with van der Waals surface area (Å²) in [5.41, 5.74) is 0. The van der Waals surface area contributed by atoms with Crippen LogP contribution in [0.25, 0.3) is 0 Å². The van der Waals surface area contributed by atoms with Crippen molar-refractivity contribution in [3.8, 4) is 0 Å². The maximum absolute atomic E-state index is 4.25. The Morgan fingerprint density at radius 2 is 2.31 bits per heavy atom. The first kappa shape index (κ1) is 9.92. The highest BCUT2D eigenvalue weighted by Crippen LogP contribution is 2.23. The molecule has 0 radical (unpaired) electrons. The van der Waals surface area contributed by atoms with Crippen LogP contribution >= 0.6 is 11.3 Å². The first-order valence-electron chi connectivity index (χ1n) is 5.32. The first-order chi connectivity index (χ1) is 7.81. The molecule has 1 fully saturated rings. The molecule has 1 saturated heterocycles. The lowest BCUT2D eigenvalue weighted by atomic mass is 10.1. The van der Waals surface area contributed by atoms with Crippen molar-refractivity contribution in [1.82, 2.24) is 24.9 Å². The van der Waals surface area contributed by atoms with Crippen LogP contribution in [0.1, 0.15) is 16.1 Å². The van der Waals surface area contributed by atoms with E-state index in [9.17, 15) is 0 Å². The third-order valence-corrected chi connectivity index (χ3v) is 3.59. The maximum Gasteiger partial charge on any atom is 0.131 e. The molecule has 0 aliphatic carbocycles. The number of rotatable bonds is 3. The lowest BCUT2D eigenvalue weighted by molar-refractivity contribution is 0.0906. The Morgan fingerprint density at radius 3 is 2.94 bits per heavy atom. The molecular weight excluding hydrogens is 222 g/mol. The van der Waals surface area contributed by atoms with E-state index in [1.165, 1.54) is 0 Å². The second kappa shape index (κ2) is 3.95. The van der Waals surface area contributed by atoms with Gasteiger partial charge in [0.2, 0.25) is 0 Å². The molecule has 6 heteroatoms. The fourth-order valence-corrected chi connectivity index (χ4v) is 2.68. The van der Waals surface area contributed by atoms with Crippen LogP contribution in [0.2, 0.25) is 0 Å². The second-order valence-corrected chi connectivity index (χ2v) is 5.31. The Hall–Kier alpha value is -1.27. The minimum Gasteiger partial charge on any atom is -0.292 e. The minimum atomic E-state index is 0.531. The van der Waals surface area contributed by atoms with Gasteiger partial charge in [-0.2, -0.15) is 5.10 Å². The fraction of sp³-hybridized carbons (Fsp3) is 0.500. The smallest absolute Gasteiger partial charge is 0.131 e. The molecule has 5 nitrogen and oxygen atoms in total. The largest absolute Gasteiger partial charge is 0.292 e.